The zero-order valence-electron chi connectivity index (χ0n) is 8.14. The van der Waals surface area contributed by atoms with Crippen LogP contribution in [0.2, 0.25) is 0 Å². The van der Waals surface area contributed by atoms with Crippen LogP contribution in [0.3, 0.4) is 0 Å². The summed E-state index contributed by atoms with van der Waals surface area (Å²) in [5, 5.41) is 2.61. The van der Waals surface area contributed by atoms with Gasteiger partial charge in [-0.2, -0.15) is 0 Å². The van der Waals surface area contributed by atoms with Gasteiger partial charge in [0, 0.05) is 19.0 Å². The molecule has 1 aliphatic heterocycles. The van der Waals surface area contributed by atoms with Crippen LogP contribution in [-0.4, -0.2) is 34.6 Å². The van der Waals surface area contributed by atoms with Gasteiger partial charge in [0.05, 0.1) is 12.8 Å². The molecule has 80 valence electrons. The van der Waals surface area contributed by atoms with E-state index in [1.165, 1.54) is 18.6 Å². The Morgan fingerprint density at radius 3 is 3.07 bits per heavy atom. The van der Waals surface area contributed by atoms with Crippen LogP contribution in [0, 0.1) is 0 Å². The molecule has 1 saturated heterocycles. The molecule has 1 atom stereocenters. The zero-order valence-corrected chi connectivity index (χ0v) is 8.14. The van der Waals surface area contributed by atoms with Crippen LogP contribution in [0.1, 0.15) is 6.42 Å². The Morgan fingerprint density at radius 1 is 1.60 bits per heavy atom. The molecule has 0 aromatic carbocycles. The summed E-state index contributed by atoms with van der Waals surface area (Å²) in [4.78, 5) is 19.5. The van der Waals surface area contributed by atoms with Crippen molar-refractivity contribution in [2.24, 2.45) is 5.73 Å². The average Bonchev–Trinajstić information content (AvgIpc) is 2.68. The predicted molar refractivity (Wildman–Crippen MR) is 53.0 cm³/mol. The average molecular weight is 208 g/mol. The van der Waals surface area contributed by atoms with E-state index in [2.05, 4.69) is 15.3 Å². The highest BCUT2D eigenvalue weighted by Crippen LogP contribution is 2.17. The molecule has 6 heteroatoms. The Hall–Kier alpha value is -1.53. The first-order valence-electron chi connectivity index (χ1n) is 4.65. The Balaban J connectivity index is 2.04. The van der Waals surface area contributed by atoms with Crippen LogP contribution in [0.5, 0.6) is 0 Å². The minimum Gasteiger partial charge on any atom is -0.379 e. The molecule has 6 nitrogen and oxygen atoms in total. The minimum atomic E-state index is -0.933. The van der Waals surface area contributed by atoms with Crippen molar-refractivity contribution in [3.8, 4) is 0 Å². The molecule has 0 radical (unpaired) electrons. The molecular formula is C9H12N4O2. The van der Waals surface area contributed by atoms with Crippen LogP contribution in [0.15, 0.2) is 18.6 Å². The maximum Gasteiger partial charge on any atom is 0.248 e. The van der Waals surface area contributed by atoms with Crippen molar-refractivity contribution in [2.75, 3.05) is 18.5 Å². The molecule has 0 saturated carbocycles. The van der Waals surface area contributed by atoms with E-state index < -0.39 is 5.54 Å². The molecule has 0 aliphatic carbocycles. The van der Waals surface area contributed by atoms with Gasteiger partial charge in [-0.05, 0) is 6.42 Å². The quantitative estimate of drug-likeness (QED) is 0.686. The third kappa shape index (κ3) is 2.11. The van der Waals surface area contributed by atoms with Crippen LogP contribution < -0.4 is 11.1 Å². The highest BCUT2D eigenvalue weighted by Gasteiger charge is 2.38. The summed E-state index contributed by atoms with van der Waals surface area (Å²) in [6, 6.07) is 0. The molecule has 15 heavy (non-hydrogen) atoms. The van der Waals surface area contributed by atoms with Gasteiger partial charge < -0.3 is 15.8 Å². The second-order valence-electron chi connectivity index (χ2n) is 3.50. The Kier molecular flexibility index (Phi) is 2.61. The van der Waals surface area contributed by atoms with Gasteiger partial charge in [-0.25, -0.2) is 4.98 Å². The highest BCUT2D eigenvalue weighted by molar-refractivity contribution is 5.97. The SMILES string of the molecule is NC1(C(=O)Nc2cnccn2)CCOC1. The highest BCUT2D eigenvalue weighted by atomic mass is 16.5. The molecule has 1 aromatic rings. The first-order valence-corrected chi connectivity index (χ1v) is 4.65. The summed E-state index contributed by atoms with van der Waals surface area (Å²) in [5.41, 5.74) is 4.93. The number of carbonyl (C=O) groups is 1. The summed E-state index contributed by atoms with van der Waals surface area (Å²) in [6.45, 7) is 0.767. The Morgan fingerprint density at radius 2 is 2.47 bits per heavy atom. The second-order valence-corrected chi connectivity index (χ2v) is 3.50. The number of nitrogens with one attached hydrogen (secondary N) is 1. The minimum absolute atomic E-state index is 0.249. The predicted octanol–water partition coefficient (Wildman–Crippen LogP) is -0.467. The van der Waals surface area contributed by atoms with E-state index in [0.29, 0.717) is 18.8 Å². The summed E-state index contributed by atoms with van der Waals surface area (Å²) >= 11 is 0. The molecule has 0 bridgehead atoms. The first-order chi connectivity index (χ1) is 7.21. The number of hydrogen-bond donors (Lipinski definition) is 2. The van der Waals surface area contributed by atoms with E-state index in [1.807, 2.05) is 0 Å². The van der Waals surface area contributed by atoms with E-state index >= 15 is 0 Å². The van der Waals surface area contributed by atoms with Crippen LogP contribution in [0.25, 0.3) is 0 Å². The number of rotatable bonds is 2. The van der Waals surface area contributed by atoms with E-state index in [0.717, 1.165) is 0 Å². The lowest BCUT2D eigenvalue weighted by Crippen LogP contribution is -2.51. The molecule has 1 fully saturated rings. The van der Waals surface area contributed by atoms with Crippen LogP contribution >= 0.6 is 0 Å². The molecule has 2 heterocycles. The fourth-order valence-electron chi connectivity index (χ4n) is 1.36. The van der Waals surface area contributed by atoms with Gasteiger partial charge in [-0.3, -0.25) is 9.78 Å². The van der Waals surface area contributed by atoms with Crippen molar-refractivity contribution >= 4 is 11.7 Å². The van der Waals surface area contributed by atoms with Gasteiger partial charge in [0.2, 0.25) is 5.91 Å². The summed E-state index contributed by atoms with van der Waals surface area (Å²) in [5.74, 6) is 0.125. The lowest BCUT2D eigenvalue weighted by Gasteiger charge is -2.19. The Bertz CT molecular complexity index is 348. The van der Waals surface area contributed by atoms with Crippen molar-refractivity contribution in [3.63, 3.8) is 0 Å². The molecule has 0 spiro atoms. The number of nitrogens with two attached hydrogens (primary N) is 1. The fraction of sp³-hybridized carbons (Fsp3) is 0.444. The normalized spacial score (nSPS) is 25.1. The third-order valence-electron chi connectivity index (χ3n) is 2.31. The number of anilines is 1. The number of ether oxygens (including phenoxy) is 1. The number of nitrogens with zero attached hydrogens (tertiary/aromatic N) is 2. The molecule has 2 rings (SSSR count). The van der Waals surface area contributed by atoms with Gasteiger partial charge in [-0.15, -0.1) is 0 Å². The van der Waals surface area contributed by atoms with Gasteiger partial charge in [0.1, 0.15) is 5.54 Å². The zero-order chi connectivity index (χ0) is 10.7. The smallest absolute Gasteiger partial charge is 0.248 e. The van der Waals surface area contributed by atoms with E-state index in [4.69, 9.17) is 10.5 Å². The summed E-state index contributed by atoms with van der Waals surface area (Å²) in [6.07, 6.45) is 5.03. The lowest BCUT2D eigenvalue weighted by molar-refractivity contribution is -0.121. The second kappa shape index (κ2) is 3.92. The molecule has 3 N–H and O–H groups in total. The number of hydrogen-bond acceptors (Lipinski definition) is 5. The third-order valence-corrected chi connectivity index (χ3v) is 2.31. The van der Waals surface area contributed by atoms with E-state index in [1.54, 1.807) is 0 Å². The number of carbonyl (C=O) groups excluding carboxylic acids is 1. The van der Waals surface area contributed by atoms with Gasteiger partial charge in [0.15, 0.2) is 5.82 Å². The summed E-state index contributed by atoms with van der Waals surface area (Å²) < 4.78 is 5.10. The summed E-state index contributed by atoms with van der Waals surface area (Å²) in [7, 11) is 0. The fourth-order valence-corrected chi connectivity index (χ4v) is 1.36. The molecule has 1 aromatic heterocycles. The monoisotopic (exact) mass is 208 g/mol. The van der Waals surface area contributed by atoms with Crippen molar-refractivity contribution in [1.29, 1.82) is 0 Å². The van der Waals surface area contributed by atoms with Crippen molar-refractivity contribution < 1.29 is 9.53 Å². The van der Waals surface area contributed by atoms with Crippen LogP contribution in [-0.2, 0) is 9.53 Å². The maximum absolute atomic E-state index is 11.8. The van der Waals surface area contributed by atoms with Gasteiger partial charge in [-0.1, -0.05) is 0 Å². The number of aromatic nitrogens is 2. The Labute approximate surface area is 86.9 Å². The van der Waals surface area contributed by atoms with Crippen LogP contribution in [0.4, 0.5) is 5.82 Å². The first kappa shape index (κ1) is 10.0. The van der Waals surface area contributed by atoms with E-state index in [-0.39, 0.29) is 12.5 Å². The lowest BCUT2D eigenvalue weighted by atomic mass is 9.99. The largest absolute Gasteiger partial charge is 0.379 e. The van der Waals surface area contributed by atoms with E-state index in [9.17, 15) is 4.79 Å². The molecule has 1 amide bonds. The molecule has 1 aliphatic rings. The topological polar surface area (TPSA) is 90.1 Å². The standard InChI is InChI=1S/C9H12N4O2/c10-9(1-4-15-6-9)8(14)13-7-5-11-2-3-12-7/h2-3,5H,1,4,6,10H2,(H,12,13,14). The van der Waals surface area contributed by atoms with Crippen molar-refractivity contribution in [1.82, 2.24) is 9.97 Å². The maximum atomic E-state index is 11.8. The number of amides is 1. The molecular weight excluding hydrogens is 196 g/mol. The van der Waals surface area contributed by atoms with Crippen molar-refractivity contribution in [2.45, 2.75) is 12.0 Å². The van der Waals surface area contributed by atoms with Gasteiger partial charge >= 0.3 is 0 Å². The van der Waals surface area contributed by atoms with Gasteiger partial charge in [0.25, 0.3) is 0 Å². The van der Waals surface area contributed by atoms with Crippen molar-refractivity contribution in [3.05, 3.63) is 18.6 Å². The molecule has 1 unspecified atom stereocenters.